The van der Waals surface area contributed by atoms with E-state index in [9.17, 15) is 4.79 Å². The molecule has 108 valence electrons. The standard InChI is InChI=1S/C17H14N4O/c22-17(21-18-12-13-7-3-1-4-8-13)16-11-15(19-20-16)14-9-5-2-6-10-14/h1-12H,(H,19,20)(H,21,22)/b18-12-. The molecule has 1 heterocycles. The Bertz CT molecular complexity index is 779. The first-order valence-electron chi connectivity index (χ1n) is 6.82. The first-order valence-corrected chi connectivity index (χ1v) is 6.82. The summed E-state index contributed by atoms with van der Waals surface area (Å²) >= 11 is 0. The molecule has 0 fully saturated rings. The fourth-order valence-corrected chi connectivity index (χ4v) is 1.96. The van der Waals surface area contributed by atoms with Crippen LogP contribution in [0.3, 0.4) is 0 Å². The van der Waals surface area contributed by atoms with Crippen molar-refractivity contribution in [1.82, 2.24) is 15.6 Å². The maximum Gasteiger partial charge on any atom is 0.289 e. The molecule has 0 spiro atoms. The summed E-state index contributed by atoms with van der Waals surface area (Å²) in [6.45, 7) is 0. The van der Waals surface area contributed by atoms with Crippen LogP contribution < -0.4 is 5.43 Å². The summed E-state index contributed by atoms with van der Waals surface area (Å²) in [5, 5.41) is 10.8. The van der Waals surface area contributed by atoms with E-state index in [4.69, 9.17) is 0 Å². The van der Waals surface area contributed by atoms with Crippen molar-refractivity contribution in [3.63, 3.8) is 0 Å². The van der Waals surface area contributed by atoms with Crippen LogP contribution in [0.1, 0.15) is 16.1 Å². The molecule has 0 aliphatic heterocycles. The highest BCUT2D eigenvalue weighted by Gasteiger charge is 2.09. The molecule has 3 rings (SSSR count). The highest BCUT2D eigenvalue weighted by Crippen LogP contribution is 2.16. The predicted octanol–water partition coefficient (Wildman–Crippen LogP) is 2.84. The second-order valence-electron chi connectivity index (χ2n) is 4.64. The van der Waals surface area contributed by atoms with Crippen molar-refractivity contribution >= 4 is 12.1 Å². The third-order valence-electron chi connectivity index (χ3n) is 3.07. The lowest BCUT2D eigenvalue weighted by Crippen LogP contribution is -2.17. The van der Waals surface area contributed by atoms with Crippen LogP contribution in [0.15, 0.2) is 71.8 Å². The summed E-state index contributed by atoms with van der Waals surface area (Å²) in [6.07, 6.45) is 1.59. The van der Waals surface area contributed by atoms with Crippen molar-refractivity contribution in [3.05, 3.63) is 78.0 Å². The minimum absolute atomic E-state index is 0.332. The van der Waals surface area contributed by atoms with Gasteiger partial charge in [0.25, 0.3) is 5.91 Å². The van der Waals surface area contributed by atoms with E-state index in [-0.39, 0.29) is 5.91 Å². The van der Waals surface area contributed by atoms with Gasteiger partial charge in [-0.2, -0.15) is 10.2 Å². The molecular formula is C17H14N4O. The van der Waals surface area contributed by atoms with Crippen LogP contribution in [-0.4, -0.2) is 22.3 Å². The van der Waals surface area contributed by atoms with Gasteiger partial charge in [-0.25, -0.2) is 5.43 Å². The summed E-state index contributed by atoms with van der Waals surface area (Å²) in [5.41, 5.74) is 5.42. The number of nitrogens with zero attached hydrogens (tertiary/aromatic N) is 2. The van der Waals surface area contributed by atoms with Crippen LogP contribution in [-0.2, 0) is 0 Å². The molecule has 0 aliphatic rings. The Morgan fingerprint density at radius 2 is 1.73 bits per heavy atom. The van der Waals surface area contributed by atoms with E-state index in [2.05, 4.69) is 20.7 Å². The molecule has 5 nitrogen and oxygen atoms in total. The van der Waals surface area contributed by atoms with Crippen molar-refractivity contribution in [3.8, 4) is 11.3 Å². The summed E-state index contributed by atoms with van der Waals surface area (Å²) in [5.74, 6) is -0.332. The third kappa shape index (κ3) is 3.27. The second-order valence-corrected chi connectivity index (χ2v) is 4.64. The molecule has 0 aliphatic carbocycles. The van der Waals surface area contributed by atoms with Crippen molar-refractivity contribution in [2.75, 3.05) is 0 Å². The Kier molecular flexibility index (Phi) is 4.06. The number of carbonyl (C=O) groups excluding carboxylic acids is 1. The molecule has 0 atom stereocenters. The Morgan fingerprint density at radius 1 is 1.05 bits per heavy atom. The Balaban J connectivity index is 1.66. The van der Waals surface area contributed by atoms with Gasteiger partial charge in [0.2, 0.25) is 0 Å². The number of nitrogens with one attached hydrogen (secondary N) is 2. The van der Waals surface area contributed by atoms with E-state index in [1.54, 1.807) is 12.3 Å². The van der Waals surface area contributed by atoms with E-state index in [1.165, 1.54) is 0 Å². The van der Waals surface area contributed by atoms with Gasteiger partial charge in [-0.1, -0.05) is 60.7 Å². The minimum atomic E-state index is -0.332. The van der Waals surface area contributed by atoms with Crippen LogP contribution in [0, 0.1) is 0 Å². The van der Waals surface area contributed by atoms with Gasteiger partial charge < -0.3 is 0 Å². The zero-order chi connectivity index (χ0) is 15.2. The number of rotatable bonds is 4. The van der Waals surface area contributed by atoms with Crippen molar-refractivity contribution in [2.24, 2.45) is 5.10 Å². The highest BCUT2D eigenvalue weighted by atomic mass is 16.2. The number of H-pyrrole nitrogens is 1. The third-order valence-corrected chi connectivity index (χ3v) is 3.07. The van der Waals surface area contributed by atoms with Crippen LogP contribution in [0.2, 0.25) is 0 Å². The lowest BCUT2D eigenvalue weighted by Gasteiger charge is -1.95. The Labute approximate surface area is 127 Å². The van der Waals surface area contributed by atoms with E-state index < -0.39 is 0 Å². The van der Waals surface area contributed by atoms with Crippen LogP contribution in [0.25, 0.3) is 11.3 Å². The normalized spacial score (nSPS) is 10.7. The second kappa shape index (κ2) is 6.49. The molecule has 3 aromatic rings. The number of aromatic nitrogens is 2. The molecule has 0 saturated heterocycles. The number of amides is 1. The quantitative estimate of drug-likeness (QED) is 0.573. The first kappa shape index (κ1) is 13.8. The monoisotopic (exact) mass is 290 g/mol. The molecule has 2 aromatic carbocycles. The van der Waals surface area contributed by atoms with Crippen LogP contribution >= 0.6 is 0 Å². The number of carbonyl (C=O) groups is 1. The first-order chi connectivity index (χ1) is 10.8. The van der Waals surface area contributed by atoms with Gasteiger partial charge in [-0.05, 0) is 11.6 Å². The predicted molar refractivity (Wildman–Crippen MR) is 85.5 cm³/mol. The lowest BCUT2D eigenvalue weighted by atomic mass is 10.1. The van der Waals surface area contributed by atoms with Gasteiger partial charge in [-0.3, -0.25) is 9.89 Å². The van der Waals surface area contributed by atoms with E-state index in [1.807, 2.05) is 60.7 Å². The highest BCUT2D eigenvalue weighted by molar-refractivity contribution is 5.94. The maximum absolute atomic E-state index is 12.0. The molecule has 0 unspecified atom stereocenters. The zero-order valence-corrected chi connectivity index (χ0v) is 11.7. The van der Waals surface area contributed by atoms with Gasteiger partial charge in [-0.15, -0.1) is 0 Å². The summed E-state index contributed by atoms with van der Waals surface area (Å²) in [6, 6.07) is 20.9. The maximum atomic E-state index is 12.0. The fraction of sp³-hybridized carbons (Fsp3) is 0. The number of aromatic amines is 1. The number of benzene rings is 2. The molecule has 0 radical (unpaired) electrons. The van der Waals surface area contributed by atoms with Crippen LogP contribution in [0.5, 0.6) is 0 Å². The Morgan fingerprint density at radius 3 is 2.45 bits per heavy atom. The smallest absolute Gasteiger partial charge is 0.272 e. The minimum Gasteiger partial charge on any atom is -0.272 e. The van der Waals surface area contributed by atoms with E-state index in [0.29, 0.717) is 5.69 Å². The zero-order valence-electron chi connectivity index (χ0n) is 11.7. The number of hydrogen-bond acceptors (Lipinski definition) is 3. The topological polar surface area (TPSA) is 70.1 Å². The summed E-state index contributed by atoms with van der Waals surface area (Å²) in [4.78, 5) is 12.0. The summed E-state index contributed by atoms with van der Waals surface area (Å²) < 4.78 is 0. The fourth-order valence-electron chi connectivity index (χ4n) is 1.96. The molecule has 22 heavy (non-hydrogen) atoms. The molecule has 2 N–H and O–H groups in total. The average Bonchev–Trinajstić information content (AvgIpc) is 3.07. The summed E-state index contributed by atoms with van der Waals surface area (Å²) in [7, 11) is 0. The van der Waals surface area contributed by atoms with Gasteiger partial charge in [0, 0.05) is 5.56 Å². The number of hydrogen-bond donors (Lipinski definition) is 2. The molecule has 5 heteroatoms. The van der Waals surface area contributed by atoms with Crippen molar-refractivity contribution < 1.29 is 4.79 Å². The van der Waals surface area contributed by atoms with E-state index >= 15 is 0 Å². The lowest BCUT2D eigenvalue weighted by molar-refractivity contribution is 0.0950. The molecule has 0 bridgehead atoms. The van der Waals surface area contributed by atoms with Crippen molar-refractivity contribution in [2.45, 2.75) is 0 Å². The Hall–Kier alpha value is -3.21. The SMILES string of the molecule is O=C(N/N=C\c1ccccc1)c1cc(-c2ccccc2)n[nH]1. The molecule has 1 amide bonds. The number of hydrazone groups is 1. The van der Waals surface area contributed by atoms with Gasteiger partial charge >= 0.3 is 0 Å². The molecular weight excluding hydrogens is 276 g/mol. The molecule has 0 saturated carbocycles. The van der Waals surface area contributed by atoms with Gasteiger partial charge in [0.15, 0.2) is 0 Å². The molecule has 1 aromatic heterocycles. The average molecular weight is 290 g/mol. The van der Waals surface area contributed by atoms with E-state index in [0.717, 1.165) is 16.8 Å². The largest absolute Gasteiger partial charge is 0.289 e. The van der Waals surface area contributed by atoms with Gasteiger partial charge in [0.1, 0.15) is 5.69 Å². The van der Waals surface area contributed by atoms with Gasteiger partial charge in [0.05, 0.1) is 11.9 Å². The van der Waals surface area contributed by atoms with Crippen molar-refractivity contribution in [1.29, 1.82) is 0 Å². The van der Waals surface area contributed by atoms with Crippen LogP contribution in [0.4, 0.5) is 0 Å².